The van der Waals surface area contributed by atoms with E-state index in [1.54, 1.807) is 31.6 Å². The van der Waals surface area contributed by atoms with E-state index >= 15 is 0 Å². The van der Waals surface area contributed by atoms with Crippen LogP contribution >= 0.6 is 0 Å². The number of pyridine rings is 1. The molecule has 1 aromatic carbocycles. The van der Waals surface area contributed by atoms with Gasteiger partial charge in [-0.25, -0.2) is 14.4 Å². The molecule has 1 atom stereocenters. The summed E-state index contributed by atoms with van der Waals surface area (Å²) in [5, 5.41) is 3.19. The van der Waals surface area contributed by atoms with Gasteiger partial charge in [-0.1, -0.05) is 6.07 Å². The maximum absolute atomic E-state index is 13.7. The SMILES string of the molecule is COCCC(=O)N1CCC[C@@H](c2nc(Nc3cccc(F)c3)cc(-c3cccnc3)n2)C1. The molecule has 1 saturated heterocycles. The van der Waals surface area contributed by atoms with E-state index in [4.69, 9.17) is 14.7 Å². The molecule has 8 heteroatoms. The summed E-state index contributed by atoms with van der Waals surface area (Å²) in [5.74, 6) is 1.00. The number of hydrogen-bond donors (Lipinski definition) is 1. The molecule has 0 saturated carbocycles. The van der Waals surface area contributed by atoms with Gasteiger partial charge in [0.1, 0.15) is 17.5 Å². The Kier molecular flexibility index (Phi) is 7.01. The number of likely N-dealkylation sites (tertiary alicyclic amines) is 1. The van der Waals surface area contributed by atoms with Crippen LogP contribution < -0.4 is 5.32 Å². The number of methoxy groups -OCH3 is 1. The fourth-order valence-electron chi connectivity index (χ4n) is 3.85. The summed E-state index contributed by atoms with van der Waals surface area (Å²) in [4.78, 5) is 28.1. The summed E-state index contributed by atoms with van der Waals surface area (Å²) in [6.45, 7) is 1.71. The highest BCUT2D eigenvalue weighted by molar-refractivity contribution is 5.76. The molecule has 1 fully saturated rings. The maximum Gasteiger partial charge on any atom is 0.224 e. The monoisotopic (exact) mass is 435 g/mol. The highest BCUT2D eigenvalue weighted by Crippen LogP contribution is 2.29. The first-order chi connectivity index (χ1) is 15.6. The molecule has 7 nitrogen and oxygen atoms in total. The Morgan fingerprint density at radius 1 is 1.25 bits per heavy atom. The quantitative estimate of drug-likeness (QED) is 0.600. The number of piperidine rings is 1. The van der Waals surface area contributed by atoms with Crippen molar-refractivity contribution in [3.05, 3.63) is 66.5 Å². The van der Waals surface area contributed by atoms with Crippen LogP contribution in [0.4, 0.5) is 15.9 Å². The van der Waals surface area contributed by atoms with Gasteiger partial charge in [-0.05, 0) is 43.2 Å². The number of carbonyl (C=O) groups is 1. The molecule has 3 heterocycles. The van der Waals surface area contributed by atoms with Crippen molar-refractivity contribution in [1.29, 1.82) is 0 Å². The minimum absolute atomic E-state index is 0.0138. The Labute approximate surface area is 186 Å². The number of amides is 1. The molecule has 0 unspecified atom stereocenters. The molecule has 1 aliphatic rings. The number of aromatic nitrogens is 3. The molecule has 0 radical (unpaired) electrons. The number of benzene rings is 1. The van der Waals surface area contributed by atoms with Crippen LogP contribution in [0.1, 0.15) is 31.0 Å². The second-order valence-corrected chi connectivity index (χ2v) is 7.80. The Morgan fingerprint density at radius 2 is 2.16 bits per heavy atom. The maximum atomic E-state index is 13.7. The number of hydrogen-bond acceptors (Lipinski definition) is 6. The van der Waals surface area contributed by atoms with Crippen LogP contribution in [0.2, 0.25) is 0 Å². The van der Waals surface area contributed by atoms with Gasteiger partial charge in [0.15, 0.2) is 0 Å². The molecule has 166 valence electrons. The lowest BCUT2D eigenvalue weighted by Crippen LogP contribution is -2.39. The van der Waals surface area contributed by atoms with Gasteiger partial charge < -0.3 is 15.0 Å². The second-order valence-electron chi connectivity index (χ2n) is 7.80. The van der Waals surface area contributed by atoms with Crippen molar-refractivity contribution < 1.29 is 13.9 Å². The summed E-state index contributed by atoms with van der Waals surface area (Å²) in [6, 6.07) is 11.9. The Hall–Kier alpha value is -3.39. The van der Waals surface area contributed by atoms with Gasteiger partial charge in [-0.3, -0.25) is 9.78 Å². The lowest BCUT2D eigenvalue weighted by atomic mass is 9.96. The number of anilines is 2. The van der Waals surface area contributed by atoms with Gasteiger partial charge in [0.2, 0.25) is 5.91 Å². The van der Waals surface area contributed by atoms with E-state index in [0.717, 1.165) is 30.6 Å². The van der Waals surface area contributed by atoms with Gasteiger partial charge in [0.05, 0.1) is 18.7 Å². The molecule has 0 aliphatic carbocycles. The summed E-state index contributed by atoms with van der Waals surface area (Å²) < 4.78 is 18.7. The summed E-state index contributed by atoms with van der Waals surface area (Å²) in [5.41, 5.74) is 2.19. The molecule has 1 amide bonds. The summed E-state index contributed by atoms with van der Waals surface area (Å²) >= 11 is 0. The van der Waals surface area contributed by atoms with Crippen molar-refractivity contribution in [2.75, 3.05) is 32.1 Å². The van der Waals surface area contributed by atoms with Crippen LogP contribution in [0.25, 0.3) is 11.3 Å². The zero-order valence-corrected chi connectivity index (χ0v) is 18.0. The van der Waals surface area contributed by atoms with Crippen molar-refractivity contribution in [3.63, 3.8) is 0 Å². The minimum atomic E-state index is -0.325. The standard InChI is InChI=1S/C24H26FN5O2/c1-32-12-9-23(31)30-11-4-6-18(16-30)24-28-21(17-5-3-10-26-15-17)14-22(29-24)27-20-8-2-7-19(25)13-20/h2-3,5,7-8,10,13-15,18H,4,6,9,11-12,16H2,1H3,(H,27,28,29)/t18-/m1/s1. The topological polar surface area (TPSA) is 80.2 Å². The molecule has 0 spiro atoms. The first kappa shape index (κ1) is 21.8. The fraction of sp³-hybridized carbons (Fsp3) is 0.333. The molecule has 32 heavy (non-hydrogen) atoms. The molecular weight excluding hydrogens is 409 g/mol. The van der Waals surface area contributed by atoms with Crippen molar-refractivity contribution in [1.82, 2.24) is 19.9 Å². The number of rotatable bonds is 7. The normalized spacial score (nSPS) is 16.1. The van der Waals surface area contributed by atoms with Crippen LogP contribution in [0, 0.1) is 5.82 Å². The first-order valence-electron chi connectivity index (χ1n) is 10.7. The third-order valence-corrected chi connectivity index (χ3v) is 5.46. The van der Waals surface area contributed by atoms with Gasteiger partial charge in [0.25, 0.3) is 0 Å². The number of nitrogens with zero attached hydrogens (tertiary/aromatic N) is 4. The predicted octanol–water partition coefficient (Wildman–Crippen LogP) is 4.16. The highest BCUT2D eigenvalue weighted by Gasteiger charge is 2.27. The Bertz CT molecular complexity index is 1060. The largest absolute Gasteiger partial charge is 0.384 e. The van der Waals surface area contributed by atoms with Crippen LogP contribution in [0.5, 0.6) is 0 Å². The predicted molar refractivity (Wildman–Crippen MR) is 120 cm³/mol. The molecule has 1 N–H and O–H groups in total. The first-order valence-corrected chi connectivity index (χ1v) is 10.7. The van der Waals surface area contributed by atoms with Crippen molar-refractivity contribution >= 4 is 17.4 Å². The van der Waals surface area contributed by atoms with Crippen LogP contribution in [0.15, 0.2) is 54.9 Å². The van der Waals surface area contributed by atoms with E-state index in [2.05, 4.69) is 10.3 Å². The average molecular weight is 436 g/mol. The molecule has 4 rings (SSSR count). The average Bonchev–Trinajstić information content (AvgIpc) is 2.83. The lowest BCUT2D eigenvalue weighted by Gasteiger charge is -2.32. The van der Waals surface area contributed by atoms with Crippen molar-refractivity contribution in [2.24, 2.45) is 0 Å². The lowest BCUT2D eigenvalue weighted by molar-refractivity contribution is -0.133. The van der Waals surface area contributed by atoms with E-state index < -0.39 is 0 Å². The van der Waals surface area contributed by atoms with Crippen molar-refractivity contribution in [3.8, 4) is 11.3 Å². The smallest absolute Gasteiger partial charge is 0.224 e. The van der Waals surface area contributed by atoms with E-state index in [9.17, 15) is 9.18 Å². The van der Waals surface area contributed by atoms with Crippen LogP contribution in [-0.4, -0.2) is 52.6 Å². The van der Waals surface area contributed by atoms with E-state index in [1.165, 1.54) is 12.1 Å². The number of carbonyl (C=O) groups excluding carboxylic acids is 1. The van der Waals surface area contributed by atoms with Gasteiger partial charge in [-0.15, -0.1) is 0 Å². The van der Waals surface area contributed by atoms with Crippen LogP contribution in [-0.2, 0) is 9.53 Å². The third kappa shape index (κ3) is 5.45. The van der Waals surface area contributed by atoms with Gasteiger partial charge >= 0.3 is 0 Å². The number of halogens is 1. The molecule has 1 aliphatic heterocycles. The molecule has 0 bridgehead atoms. The number of nitrogens with one attached hydrogen (secondary N) is 1. The second kappa shape index (κ2) is 10.3. The molecule has 3 aromatic rings. The molecule has 2 aromatic heterocycles. The zero-order chi connectivity index (χ0) is 22.3. The zero-order valence-electron chi connectivity index (χ0n) is 18.0. The highest BCUT2D eigenvalue weighted by atomic mass is 19.1. The molecular formula is C24H26FN5O2. The summed E-state index contributed by atoms with van der Waals surface area (Å²) in [6.07, 6.45) is 5.61. The fourth-order valence-corrected chi connectivity index (χ4v) is 3.85. The Balaban J connectivity index is 1.63. The minimum Gasteiger partial charge on any atom is -0.384 e. The van der Waals surface area contributed by atoms with Gasteiger partial charge in [0, 0.05) is 55.8 Å². The number of ether oxygens (including phenoxy) is 1. The summed E-state index contributed by atoms with van der Waals surface area (Å²) in [7, 11) is 1.59. The third-order valence-electron chi connectivity index (χ3n) is 5.46. The van der Waals surface area contributed by atoms with E-state index in [0.29, 0.717) is 36.9 Å². The van der Waals surface area contributed by atoms with Crippen LogP contribution in [0.3, 0.4) is 0 Å². The van der Waals surface area contributed by atoms with Gasteiger partial charge in [-0.2, -0.15) is 0 Å². The van der Waals surface area contributed by atoms with Crippen molar-refractivity contribution in [2.45, 2.75) is 25.2 Å². The Morgan fingerprint density at radius 3 is 2.94 bits per heavy atom. The van der Waals surface area contributed by atoms with E-state index in [1.807, 2.05) is 23.1 Å². The van der Waals surface area contributed by atoms with E-state index in [-0.39, 0.29) is 17.6 Å².